The predicted octanol–water partition coefficient (Wildman–Crippen LogP) is 4.28. The summed E-state index contributed by atoms with van der Waals surface area (Å²) in [6.07, 6.45) is 10.7. The van der Waals surface area contributed by atoms with E-state index in [4.69, 9.17) is 0 Å². The molecule has 0 N–H and O–H groups in total. The summed E-state index contributed by atoms with van der Waals surface area (Å²) in [5.74, 6) is 2.97. The summed E-state index contributed by atoms with van der Waals surface area (Å²) in [5.41, 5.74) is 0. The number of rotatable bonds is 6. The number of nitrogens with zero attached hydrogens (tertiary/aromatic N) is 1. The quantitative estimate of drug-likeness (QED) is 0.723. The largest absolute Gasteiger partial charge is 0.303 e. The molecule has 0 aromatic carbocycles. The van der Waals surface area contributed by atoms with Crippen molar-refractivity contribution in [3.05, 3.63) is 0 Å². The van der Waals surface area contributed by atoms with Crippen LogP contribution in [0.1, 0.15) is 71.6 Å². The van der Waals surface area contributed by atoms with E-state index in [0.717, 1.165) is 37.6 Å². The number of ketones is 1. The van der Waals surface area contributed by atoms with Gasteiger partial charge in [-0.3, -0.25) is 4.79 Å². The van der Waals surface area contributed by atoms with Crippen LogP contribution in [0.5, 0.6) is 0 Å². The van der Waals surface area contributed by atoms with E-state index < -0.39 is 0 Å². The zero-order valence-electron chi connectivity index (χ0n) is 13.6. The molecule has 0 aromatic heterocycles. The summed E-state index contributed by atoms with van der Waals surface area (Å²) in [4.78, 5) is 14.6. The molecule has 2 fully saturated rings. The van der Waals surface area contributed by atoms with Gasteiger partial charge in [-0.25, -0.2) is 0 Å². The van der Waals surface area contributed by atoms with Gasteiger partial charge in [-0.1, -0.05) is 33.1 Å². The van der Waals surface area contributed by atoms with Gasteiger partial charge in [0.15, 0.2) is 0 Å². The predicted molar refractivity (Wildman–Crippen MR) is 84.8 cm³/mol. The van der Waals surface area contributed by atoms with E-state index in [1.54, 1.807) is 0 Å². The van der Waals surface area contributed by atoms with E-state index in [9.17, 15) is 4.79 Å². The van der Waals surface area contributed by atoms with Gasteiger partial charge < -0.3 is 4.90 Å². The van der Waals surface area contributed by atoms with Gasteiger partial charge in [0.1, 0.15) is 5.78 Å². The molecule has 0 spiro atoms. The monoisotopic (exact) mass is 279 g/mol. The van der Waals surface area contributed by atoms with Gasteiger partial charge in [0.25, 0.3) is 0 Å². The average Bonchev–Trinajstić information content (AvgIpc) is 2.41. The molecule has 0 amide bonds. The van der Waals surface area contributed by atoms with Crippen LogP contribution in [0.3, 0.4) is 0 Å². The van der Waals surface area contributed by atoms with E-state index in [1.807, 2.05) is 0 Å². The van der Waals surface area contributed by atoms with Crippen molar-refractivity contribution in [1.29, 1.82) is 0 Å². The van der Waals surface area contributed by atoms with Crippen molar-refractivity contribution in [2.24, 2.45) is 17.8 Å². The Bertz CT molecular complexity index is 294. The van der Waals surface area contributed by atoms with E-state index >= 15 is 0 Å². The first-order chi connectivity index (χ1) is 9.63. The minimum absolute atomic E-state index is 0.523. The standard InChI is InChI=1S/C18H33NO/c1-15-8-11-19(12-9-15)10-4-7-18(20)14-17-6-3-5-16(2)13-17/h15-17H,3-14H2,1-2H3/t16-,17?/m1/s1. The molecular weight excluding hydrogens is 246 g/mol. The Balaban J connectivity index is 1.56. The van der Waals surface area contributed by atoms with Gasteiger partial charge in [-0.05, 0) is 63.1 Å². The summed E-state index contributed by atoms with van der Waals surface area (Å²) < 4.78 is 0. The van der Waals surface area contributed by atoms with Crippen molar-refractivity contribution in [2.75, 3.05) is 19.6 Å². The van der Waals surface area contributed by atoms with E-state index in [0.29, 0.717) is 11.7 Å². The normalized spacial score (nSPS) is 29.5. The summed E-state index contributed by atoms with van der Waals surface area (Å²) in [6.45, 7) is 8.32. The molecule has 1 saturated carbocycles. The number of carbonyl (C=O) groups excluding carboxylic acids is 1. The lowest BCUT2D eigenvalue weighted by molar-refractivity contribution is -0.120. The molecule has 0 radical (unpaired) electrons. The maximum atomic E-state index is 12.1. The first-order valence-corrected chi connectivity index (χ1v) is 8.87. The fourth-order valence-electron chi connectivity index (χ4n) is 3.95. The Morgan fingerprint density at radius 3 is 2.50 bits per heavy atom. The van der Waals surface area contributed by atoms with Crippen LogP contribution < -0.4 is 0 Å². The van der Waals surface area contributed by atoms with Crippen molar-refractivity contribution < 1.29 is 4.79 Å². The molecule has 116 valence electrons. The van der Waals surface area contributed by atoms with Gasteiger partial charge in [-0.2, -0.15) is 0 Å². The first-order valence-electron chi connectivity index (χ1n) is 8.87. The van der Waals surface area contributed by atoms with Crippen LogP contribution in [-0.4, -0.2) is 30.3 Å². The first kappa shape index (κ1) is 16.0. The molecule has 2 nitrogen and oxygen atoms in total. The molecule has 1 heterocycles. The number of carbonyl (C=O) groups is 1. The Morgan fingerprint density at radius 1 is 1.05 bits per heavy atom. The molecule has 2 aliphatic rings. The molecule has 1 saturated heterocycles. The third-order valence-corrected chi connectivity index (χ3v) is 5.37. The Morgan fingerprint density at radius 2 is 1.80 bits per heavy atom. The minimum Gasteiger partial charge on any atom is -0.303 e. The SMILES string of the molecule is CC1CCN(CCCC(=O)CC2CCC[C@@H](C)C2)CC1. The number of piperidine rings is 1. The summed E-state index contributed by atoms with van der Waals surface area (Å²) in [6, 6.07) is 0. The van der Waals surface area contributed by atoms with Crippen molar-refractivity contribution in [1.82, 2.24) is 4.90 Å². The molecule has 1 unspecified atom stereocenters. The number of hydrogen-bond donors (Lipinski definition) is 0. The van der Waals surface area contributed by atoms with Gasteiger partial charge in [0, 0.05) is 12.8 Å². The zero-order valence-corrected chi connectivity index (χ0v) is 13.6. The molecule has 1 aliphatic heterocycles. The fourth-order valence-corrected chi connectivity index (χ4v) is 3.95. The lowest BCUT2D eigenvalue weighted by Gasteiger charge is -2.30. The molecule has 2 atom stereocenters. The number of hydrogen-bond acceptors (Lipinski definition) is 2. The van der Waals surface area contributed by atoms with E-state index in [-0.39, 0.29) is 0 Å². The minimum atomic E-state index is 0.523. The van der Waals surface area contributed by atoms with Gasteiger partial charge in [-0.15, -0.1) is 0 Å². The fraction of sp³-hybridized carbons (Fsp3) is 0.944. The summed E-state index contributed by atoms with van der Waals surface area (Å²) in [5, 5.41) is 0. The van der Waals surface area contributed by atoms with Crippen molar-refractivity contribution >= 4 is 5.78 Å². The van der Waals surface area contributed by atoms with Gasteiger partial charge in [0.05, 0.1) is 0 Å². The third-order valence-electron chi connectivity index (χ3n) is 5.37. The average molecular weight is 279 g/mol. The van der Waals surface area contributed by atoms with Crippen molar-refractivity contribution in [3.63, 3.8) is 0 Å². The van der Waals surface area contributed by atoms with Crippen molar-refractivity contribution in [3.8, 4) is 0 Å². The summed E-state index contributed by atoms with van der Waals surface area (Å²) >= 11 is 0. The van der Waals surface area contributed by atoms with E-state index in [1.165, 1.54) is 51.6 Å². The second-order valence-corrected chi connectivity index (χ2v) is 7.51. The number of Topliss-reactive ketones (excluding diaryl/α,β-unsaturated/α-hetero) is 1. The second-order valence-electron chi connectivity index (χ2n) is 7.51. The van der Waals surface area contributed by atoms with Gasteiger partial charge >= 0.3 is 0 Å². The third kappa shape index (κ3) is 5.55. The van der Waals surface area contributed by atoms with Gasteiger partial charge in [0.2, 0.25) is 0 Å². The topological polar surface area (TPSA) is 20.3 Å². The van der Waals surface area contributed by atoms with Crippen LogP contribution in [-0.2, 0) is 4.79 Å². The highest BCUT2D eigenvalue weighted by molar-refractivity contribution is 5.78. The number of likely N-dealkylation sites (tertiary alicyclic amines) is 1. The molecule has 0 aromatic rings. The Kier molecular flexibility index (Phi) is 6.54. The highest BCUT2D eigenvalue weighted by Crippen LogP contribution is 2.31. The maximum Gasteiger partial charge on any atom is 0.133 e. The lowest BCUT2D eigenvalue weighted by Crippen LogP contribution is -2.33. The second kappa shape index (κ2) is 8.17. The van der Waals surface area contributed by atoms with Crippen LogP contribution in [0.15, 0.2) is 0 Å². The highest BCUT2D eigenvalue weighted by Gasteiger charge is 2.21. The molecule has 20 heavy (non-hydrogen) atoms. The molecule has 2 heteroatoms. The van der Waals surface area contributed by atoms with Crippen LogP contribution in [0, 0.1) is 17.8 Å². The van der Waals surface area contributed by atoms with E-state index in [2.05, 4.69) is 18.7 Å². The lowest BCUT2D eigenvalue weighted by atomic mass is 9.80. The van der Waals surface area contributed by atoms with Crippen LogP contribution in [0.2, 0.25) is 0 Å². The van der Waals surface area contributed by atoms with Crippen LogP contribution in [0.25, 0.3) is 0 Å². The van der Waals surface area contributed by atoms with Crippen LogP contribution >= 0.6 is 0 Å². The smallest absolute Gasteiger partial charge is 0.133 e. The van der Waals surface area contributed by atoms with Crippen molar-refractivity contribution in [2.45, 2.75) is 71.6 Å². The molecular formula is C18H33NO. The zero-order chi connectivity index (χ0) is 14.4. The Labute approximate surface area is 125 Å². The maximum absolute atomic E-state index is 12.1. The Hall–Kier alpha value is -0.370. The molecule has 2 rings (SSSR count). The van der Waals surface area contributed by atoms with Crippen LogP contribution in [0.4, 0.5) is 0 Å². The highest BCUT2D eigenvalue weighted by atomic mass is 16.1. The molecule has 1 aliphatic carbocycles. The molecule has 0 bridgehead atoms. The summed E-state index contributed by atoms with van der Waals surface area (Å²) in [7, 11) is 0.